The van der Waals surface area contributed by atoms with Crippen molar-refractivity contribution in [1.29, 1.82) is 0 Å². The second-order valence-electron chi connectivity index (χ2n) is 6.20. The number of nitrogens with one attached hydrogen (secondary N) is 1. The molecule has 0 aliphatic carbocycles. The highest BCUT2D eigenvalue weighted by Crippen LogP contribution is 2.13. The van der Waals surface area contributed by atoms with Gasteiger partial charge in [0.1, 0.15) is 11.3 Å². The summed E-state index contributed by atoms with van der Waals surface area (Å²) in [5.74, 6) is -0.108. The zero-order valence-corrected chi connectivity index (χ0v) is 13.0. The average molecular weight is 294 g/mol. The molecule has 0 bridgehead atoms. The number of rotatable bonds is 1. The van der Waals surface area contributed by atoms with E-state index in [0.29, 0.717) is 31.9 Å². The summed E-state index contributed by atoms with van der Waals surface area (Å²) in [5, 5.41) is 6.73. The Morgan fingerprint density at radius 3 is 2.24 bits per heavy atom. The highest BCUT2D eigenvalue weighted by molar-refractivity contribution is 5.92. The van der Waals surface area contributed by atoms with Crippen LogP contribution in [0.2, 0.25) is 0 Å². The minimum absolute atomic E-state index is 0.108. The standard InChI is InChI=1S/C14H22N4O3/c1-10-9-11(16-15-10)12(19)17-5-7-18(8-6-17)13(20)21-14(2,3)4/h9H,5-8H2,1-4H3,(H,15,16). The van der Waals surface area contributed by atoms with Gasteiger partial charge in [-0.15, -0.1) is 0 Å². The number of carbonyl (C=O) groups is 2. The molecule has 1 aromatic heterocycles. The second kappa shape index (κ2) is 5.75. The molecule has 21 heavy (non-hydrogen) atoms. The number of hydrogen-bond acceptors (Lipinski definition) is 4. The Balaban J connectivity index is 1.88. The van der Waals surface area contributed by atoms with Crippen LogP contribution in [0, 0.1) is 6.92 Å². The van der Waals surface area contributed by atoms with E-state index in [4.69, 9.17) is 4.74 Å². The van der Waals surface area contributed by atoms with Crippen molar-refractivity contribution in [3.8, 4) is 0 Å². The van der Waals surface area contributed by atoms with Gasteiger partial charge in [0.2, 0.25) is 0 Å². The van der Waals surface area contributed by atoms with Crippen LogP contribution in [0.15, 0.2) is 6.07 Å². The third-order valence-corrected chi connectivity index (χ3v) is 3.14. The predicted octanol–water partition coefficient (Wildman–Crippen LogP) is 1.41. The van der Waals surface area contributed by atoms with Crippen LogP contribution in [-0.4, -0.2) is 63.8 Å². The van der Waals surface area contributed by atoms with Crippen LogP contribution in [0.1, 0.15) is 37.0 Å². The summed E-state index contributed by atoms with van der Waals surface area (Å²) in [7, 11) is 0. The van der Waals surface area contributed by atoms with E-state index in [1.165, 1.54) is 0 Å². The van der Waals surface area contributed by atoms with E-state index in [2.05, 4.69) is 10.2 Å². The minimum Gasteiger partial charge on any atom is -0.444 e. The van der Waals surface area contributed by atoms with E-state index in [-0.39, 0.29) is 12.0 Å². The first-order valence-electron chi connectivity index (χ1n) is 7.05. The molecule has 2 heterocycles. The van der Waals surface area contributed by atoms with Crippen molar-refractivity contribution in [1.82, 2.24) is 20.0 Å². The number of carbonyl (C=O) groups excluding carboxylic acids is 2. The Labute approximate surface area is 124 Å². The van der Waals surface area contributed by atoms with Gasteiger partial charge in [0.15, 0.2) is 0 Å². The summed E-state index contributed by atoms with van der Waals surface area (Å²) >= 11 is 0. The van der Waals surface area contributed by atoms with Gasteiger partial charge in [-0.2, -0.15) is 5.10 Å². The number of H-pyrrole nitrogens is 1. The SMILES string of the molecule is Cc1cc(C(=O)N2CCN(C(=O)OC(C)(C)C)CC2)n[nH]1. The van der Waals surface area contributed by atoms with Gasteiger partial charge in [-0.05, 0) is 33.8 Å². The maximum absolute atomic E-state index is 12.2. The van der Waals surface area contributed by atoms with E-state index in [9.17, 15) is 9.59 Å². The highest BCUT2D eigenvalue weighted by Gasteiger charge is 2.28. The van der Waals surface area contributed by atoms with E-state index in [0.717, 1.165) is 5.69 Å². The predicted molar refractivity (Wildman–Crippen MR) is 77.0 cm³/mol. The Morgan fingerprint density at radius 1 is 1.19 bits per heavy atom. The Kier molecular flexibility index (Phi) is 4.20. The fourth-order valence-corrected chi connectivity index (χ4v) is 2.11. The largest absolute Gasteiger partial charge is 0.444 e. The average Bonchev–Trinajstić information content (AvgIpc) is 2.83. The van der Waals surface area contributed by atoms with E-state index >= 15 is 0 Å². The molecule has 0 unspecified atom stereocenters. The number of hydrogen-bond donors (Lipinski definition) is 1. The fraction of sp³-hybridized carbons (Fsp3) is 0.643. The maximum atomic E-state index is 12.2. The van der Waals surface area contributed by atoms with Crippen LogP contribution in [0.3, 0.4) is 0 Å². The molecular formula is C14H22N4O3. The first kappa shape index (κ1) is 15.3. The smallest absolute Gasteiger partial charge is 0.410 e. The second-order valence-corrected chi connectivity index (χ2v) is 6.20. The van der Waals surface area contributed by atoms with Crippen LogP contribution in [0.25, 0.3) is 0 Å². The quantitative estimate of drug-likeness (QED) is 0.849. The molecule has 0 atom stereocenters. The lowest BCUT2D eigenvalue weighted by Gasteiger charge is -2.35. The first-order chi connectivity index (χ1) is 9.76. The molecule has 0 spiro atoms. The molecule has 0 radical (unpaired) electrons. The van der Waals surface area contributed by atoms with Crippen molar-refractivity contribution in [3.05, 3.63) is 17.5 Å². The summed E-state index contributed by atoms with van der Waals surface area (Å²) in [5.41, 5.74) is 0.764. The summed E-state index contributed by atoms with van der Waals surface area (Å²) in [6.45, 7) is 9.30. The summed E-state index contributed by atoms with van der Waals surface area (Å²) in [6.07, 6.45) is -0.329. The first-order valence-corrected chi connectivity index (χ1v) is 7.05. The molecule has 1 aliphatic heterocycles. The Morgan fingerprint density at radius 2 is 1.76 bits per heavy atom. The van der Waals surface area contributed by atoms with Crippen LogP contribution < -0.4 is 0 Å². The molecule has 7 nitrogen and oxygen atoms in total. The van der Waals surface area contributed by atoms with Gasteiger partial charge in [0, 0.05) is 31.9 Å². The number of ether oxygens (including phenoxy) is 1. The van der Waals surface area contributed by atoms with Crippen LogP contribution in [0.4, 0.5) is 4.79 Å². The molecule has 1 aliphatic rings. The molecule has 1 saturated heterocycles. The van der Waals surface area contributed by atoms with Gasteiger partial charge >= 0.3 is 6.09 Å². The van der Waals surface area contributed by atoms with Crippen LogP contribution in [-0.2, 0) is 4.74 Å². The minimum atomic E-state index is -0.503. The maximum Gasteiger partial charge on any atom is 0.410 e. The van der Waals surface area contributed by atoms with E-state index in [1.54, 1.807) is 15.9 Å². The van der Waals surface area contributed by atoms with Crippen LogP contribution in [0.5, 0.6) is 0 Å². The highest BCUT2D eigenvalue weighted by atomic mass is 16.6. The molecule has 116 valence electrons. The van der Waals surface area contributed by atoms with Crippen molar-refractivity contribution >= 4 is 12.0 Å². The molecule has 0 aromatic carbocycles. The Bertz CT molecular complexity index is 525. The van der Waals surface area contributed by atoms with Crippen LogP contribution >= 0.6 is 0 Å². The lowest BCUT2D eigenvalue weighted by atomic mass is 10.2. The molecular weight excluding hydrogens is 272 g/mol. The fourth-order valence-electron chi connectivity index (χ4n) is 2.11. The number of aryl methyl sites for hydroxylation is 1. The molecule has 7 heteroatoms. The molecule has 1 N–H and O–H groups in total. The molecule has 2 rings (SSSR count). The lowest BCUT2D eigenvalue weighted by Crippen LogP contribution is -2.51. The summed E-state index contributed by atoms with van der Waals surface area (Å²) in [6, 6.07) is 1.72. The zero-order valence-electron chi connectivity index (χ0n) is 13.0. The normalized spacial score (nSPS) is 16.0. The van der Waals surface area contributed by atoms with Crippen molar-refractivity contribution < 1.29 is 14.3 Å². The van der Waals surface area contributed by atoms with Crippen molar-refractivity contribution in [2.75, 3.05) is 26.2 Å². The van der Waals surface area contributed by atoms with E-state index < -0.39 is 5.60 Å². The van der Waals surface area contributed by atoms with Crippen molar-refractivity contribution in [3.63, 3.8) is 0 Å². The molecule has 1 fully saturated rings. The van der Waals surface area contributed by atoms with Gasteiger partial charge in [0.25, 0.3) is 5.91 Å². The number of nitrogens with zero attached hydrogens (tertiary/aromatic N) is 3. The van der Waals surface area contributed by atoms with Crippen molar-refractivity contribution in [2.45, 2.75) is 33.3 Å². The number of amides is 2. The molecule has 0 saturated carbocycles. The third kappa shape index (κ3) is 3.96. The van der Waals surface area contributed by atoms with Gasteiger partial charge < -0.3 is 14.5 Å². The van der Waals surface area contributed by atoms with E-state index in [1.807, 2.05) is 27.7 Å². The molecule has 1 aromatic rings. The third-order valence-electron chi connectivity index (χ3n) is 3.14. The lowest BCUT2D eigenvalue weighted by molar-refractivity contribution is 0.0140. The van der Waals surface area contributed by atoms with Gasteiger partial charge in [-0.25, -0.2) is 4.79 Å². The summed E-state index contributed by atoms with van der Waals surface area (Å²) < 4.78 is 5.33. The van der Waals surface area contributed by atoms with Crippen molar-refractivity contribution in [2.24, 2.45) is 0 Å². The monoisotopic (exact) mass is 294 g/mol. The van der Waals surface area contributed by atoms with Gasteiger partial charge in [-0.1, -0.05) is 0 Å². The van der Waals surface area contributed by atoms with Gasteiger partial charge in [0.05, 0.1) is 0 Å². The zero-order chi connectivity index (χ0) is 15.6. The number of aromatic nitrogens is 2. The Hall–Kier alpha value is -2.05. The molecule has 2 amide bonds. The topological polar surface area (TPSA) is 78.5 Å². The van der Waals surface area contributed by atoms with Gasteiger partial charge in [-0.3, -0.25) is 9.89 Å². The number of piperazine rings is 1. The number of aromatic amines is 1. The summed E-state index contributed by atoms with van der Waals surface area (Å²) in [4.78, 5) is 27.5.